The van der Waals surface area contributed by atoms with Gasteiger partial charge in [-0.25, -0.2) is 4.79 Å². The average molecular weight is 666 g/mol. The number of likely N-dealkylation sites (N-methyl/N-ethyl adjacent to an activating group) is 1. The fourth-order valence-electron chi connectivity index (χ4n) is 5.72. The molecule has 0 rings (SSSR count). The van der Waals surface area contributed by atoms with Crippen LogP contribution in [0.1, 0.15) is 168 Å². The Morgan fingerprint density at radius 1 is 0.556 bits per heavy atom. The van der Waals surface area contributed by atoms with E-state index in [1.807, 2.05) is 21.1 Å². The van der Waals surface area contributed by atoms with Crippen molar-refractivity contribution >= 4 is 5.91 Å². The van der Waals surface area contributed by atoms with Gasteiger partial charge in [0.05, 0.1) is 34.4 Å². The van der Waals surface area contributed by atoms with Crippen LogP contribution in [0.5, 0.6) is 0 Å². The summed E-state index contributed by atoms with van der Waals surface area (Å²) >= 11 is 0. The zero-order valence-corrected chi connectivity index (χ0v) is 31.4. The molecular weight excluding hydrogens is 588 g/mol. The lowest BCUT2D eigenvalue weighted by molar-refractivity contribution is -0.887. The summed E-state index contributed by atoms with van der Waals surface area (Å²) in [6, 6.07) is 0. The second-order valence-electron chi connectivity index (χ2n) is 14.3. The summed E-state index contributed by atoms with van der Waals surface area (Å²) in [5.74, 6) is 0.115. The van der Waals surface area contributed by atoms with Crippen molar-refractivity contribution in [3.8, 4) is 0 Å². The molecule has 3 N–H and O–H groups in total. The molecule has 45 heavy (non-hydrogen) atoms. The van der Waals surface area contributed by atoms with Gasteiger partial charge in [0.25, 0.3) is 0 Å². The first kappa shape index (κ1) is 46.8. The van der Waals surface area contributed by atoms with Crippen LogP contribution in [0.3, 0.4) is 0 Å². The van der Waals surface area contributed by atoms with Crippen LogP contribution in [-0.2, 0) is 14.3 Å². The number of aliphatic hydroxyl groups excluding tert-OH is 2. The Morgan fingerprint density at radius 3 is 1.13 bits per heavy atom. The summed E-state index contributed by atoms with van der Waals surface area (Å²) in [7, 11) is 6.03. The zero-order chi connectivity index (χ0) is 32.7. The van der Waals surface area contributed by atoms with Gasteiger partial charge in [0.2, 0.25) is 0 Å². The predicted molar refractivity (Wildman–Crippen MR) is 185 cm³/mol. The minimum absolute atomic E-state index is 0. The van der Waals surface area contributed by atoms with Gasteiger partial charge >= 0.3 is 5.91 Å². The number of hydrogen-bond donors (Lipinski definition) is 3. The Balaban J connectivity index is 0. The number of ether oxygens (including phenoxy) is 2. The Morgan fingerprint density at radius 2 is 0.844 bits per heavy atom. The topological polar surface area (TPSA) is 80.4 Å². The number of carbonyl (C=O) groups excluding carboxylic acids is 1. The van der Waals surface area contributed by atoms with Crippen molar-refractivity contribution < 1.29 is 46.3 Å². The highest BCUT2D eigenvalue weighted by Gasteiger charge is 2.26. The maximum absolute atomic E-state index is 13.0. The molecule has 2 unspecified atom stereocenters. The van der Waals surface area contributed by atoms with Gasteiger partial charge in [-0.3, -0.25) is 4.90 Å². The standard InChI is InChI=1S/C37H77N2O5.ClH/c1-6-8-10-12-14-16-18-20-22-24-26-28-36(41)43-32-30-38(35(40)34-39(3,4)5)31-33-44-37(42)29-27-25-23-21-19-17-15-13-11-9-7-2;/h36-37,41-42H,6-34H2,1-5H3;1H/q+1;. The Kier molecular flexibility index (Phi) is 35.0. The van der Waals surface area contributed by atoms with Gasteiger partial charge in [-0.1, -0.05) is 142 Å². The molecule has 0 bridgehead atoms. The largest absolute Gasteiger partial charge is 1.00 e. The molecular formula is C37H78ClN2O5+. The number of hydrogen-bond acceptors (Lipinski definition) is 5. The van der Waals surface area contributed by atoms with Gasteiger partial charge in [0, 0.05) is 0 Å². The lowest BCUT2D eigenvalue weighted by Crippen LogP contribution is -3.16. The van der Waals surface area contributed by atoms with Crippen LogP contribution in [0.4, 0.5) is 0 Å². The van der Waals surface area contributed by atoms with E-state index >= 15 is 0 Å². The highest BCUT2D eigenvalue weighted by molar-refractivity contribution is 5.67. The van der Waals surface area contributed by atoms with E-state index < -0.39 is 12.6 Å². The molecule has 0 aliphatic carbocycles. The number of unbranched alkanes of at least 4 members (excludes halogenated alkanes) is 20. The first-order valence-corrected chi connectivity index (χ1v) is 19.0. The molecule has 272 valence electrons. The first-order valence-electron chi connectivity index (χ1n) is 19.0. The van der Waals surface area contributed by atoms with Gasteiger partial charge in [-0.2, -0.15) is 0 Å². The number of nitrogens with zero attached hydrogens (tertiary/aromatic N) is 1. The molecule has 0 aliphatic rings. The minimum atomic E-state index is -0.771. The number of rotatable bonds is 34. The van der Waals surface area contributed by atoms with Crippen molar-refractivity contribution in [1.82, 2.24) is 0 Å². The van der Waals surface area contributed by atoms with Gasteiger partial charge in [-0.05, 0) is 25.7 Å². The summed E-state index contributed by atoms with van der Waals surface area (Å²) in [6.07, 6.45) is 28.0. The smallest absolute Gasteiger partial charge is 0.366 e. The normalized spacial score (nSPS) is 13.8. The summed E-state index contributed by atoms with van der Waals surface area (Å²) in [5.41, 5.74) is 0. The first-order chi connectivity index (χ1) is 21.2. The van der Waals surface area contributed by atoms with Gasteiger partial charge < -0.3 is 36.6 Å². The van der Waals surface area contributed by atoms with E-state index in [2.05, 4.69) is 13.8 Å². The molecule has 0 aliphatic heterocycles. The van der Waals surface area contributed by atoms with Crippen LogP contribution in [0.25, 0.3) is 0 Å². The monoisotopic (exact) mass is 666 g/mol. The zero-order valence-electron chi connectivity index (χ0n) is 30.6. The molecule has 0 heterocycles. The molecule has 7 nitrogen and oxygen atoms in total. The lowest BCUT2D eigenvalue weighted by Gasteiger charge is -2.25. The van der Waals surface area contributed by atoms with E-state index in [0.29, 0.717) is 50.2 Å². The van der Waals surface area contributed by atoms with Crippen molar-refractivity contribution in [2.75, 3.05) is 54.0 Å². The van der Waals surface area contributed by atoms with Gasteiger partial charge in [0.15, 0.2) is 19.1 Å². The molecule has 2 atom stereocenters. The molecule has 0 aromatic carbocycles. The average Bonchev–Trinajstić information content (AvgIpc) is 2.97. The fourth-order valence-corrected chi connectivity index (χ4v) is 5.72. The van der Waals surface area contributed by atoms with Crippen molar-refractivity contribution in [3.05, 3.63) is 0 Å². The quantitative estimate of drug-likeness (QED) is 0.0546. The van der Waals surface area contributed by atoms with Gasteiger partial charge in [0.1, 0.15) is 13.1 Å². The van der Waals surface area contributed by atoms with Crippen LogP contribution < -0.4 is 17.3 Å². The molecule has 8 heteroatoms. The molecule has 0 aromatic rings. The third kappa shape index (κ3) is 34.9. The SMILES string of the molecule is CCCCCCCCCCCCCC(O)OCC[NH+](CCOC(O)CCCCCCCCCCCCC)C(=O)C[N+](C)(C)C.[Cl-]. The number of carbonyl (C=O) groups is 1. The number of nitrogens with one attached hydrogen (secondary N) is 1. The lowest BCUT2D eigenvalue weighted by atomic mass is 10.1. The Bertz CT molecular complexity index is 582. The second-order valence-corrected chi connectivity index (χ2v) is 14.3. The Hall–Kier alpha value is -0.280. The van der Waals surface area contributed by atoms with Crippen LogP contribution >= 0.6 is 0 Å². The second kappa shape index (κ2) is 33.6. The summed E-state index contributed by atoms with van der Waals surface area (Å²) in [6.45, 7) is 6.58. The van der Waals surface area contributed by atoms with E-state index in [-0.39, 0.29) is 18.3 Å². The summed E-state index contributed by atoms with van der Waals surface area (Å²) in [4.78, 5) is 13.8. The van der Waals surface area contributed by atoms with Crippen LogP contribution in [-0.4, -0.2) is 87.2 Å². The third-order valence-corrected chi connectivity index (χ3v) is 8.55. The molecule has 0 saturated carbocycles. The van der Waals surface area contributed by atoms with Gasteiger partial charge in [-0.15, -0.1) is 0 Å². The van der Waals surface area contributed by atoms with E-state index in [4.69, 9.17) is 9.47 Å². The minimum Gasteiger partial charge on any atom is -1.00 e. The Labute approximate surface area is 286 Å². The van der Waals surface area contributed by atoms with Crippen LogP contribution in [0, 0.1) is 0 Å². The molecule has 0 fully saturated rings. The number of halogens is 1. The third-order valence-electron chi connectivity index (χ3n) is 8.55. The van der Waals surface area contributed by atoms with E-state index in [1.54, 1.807) is 0 Å². The summed E-state index contributed by atoms with van der Waals surface area (Å²) < 4.78 is 11.9. The molecule has 0 radical (unpaired) electrons. The maximum atomic E-state index is 13.0. The number of quaternary nitrogens is 2. The van der Waals surface area contributed by atoms with E-state index in [0.717, 1.165) is 30.6 Å². The number of aliphatic hydroxyl groups is 2. The highest BCUT2D eigenvalue weighted by atomic mass is 35.5. The van der Waals surface area contributed by atoms with Crippen molar-refractivity contribution in [2.45, 2.75) is 181 Å². The number of amides is 1. The van der Waals surface area contributed by atoms with Crippen LogP contribution in [0.15, 0.2) is 0 Å². The molecule has 1 amide bonds. The maximum Gasteiger partial charge on any atom is 0.366 e. The van der Waals surface area contributed by atoms with E-state index in [1.165, 1.54) is 116 Å². The van der Waals surface area contributed by atoms with Crippen molar-refractivity contribution in [3.63, 3.8) is 0 Å². The fraction of sp³-hybridized carbons (Fsp3) is 0.973. The van der Waals surface area contributed by atoms with Crippen molar-refractivity contribution in [1.29, 1.82) is 0 Å². The summed E-state index contributed by atoms with van der Waals surface area (Å²) in [5, 5.41) is 20.6. The van der Waals surface area contributed by atoms with E-state index in [9.17, 15) is 15.0 Å². The van der Waals surface area contributed by atoms with Crippen molar-refractivity contribution in [2.24, 2.45) is 0 Å². The van der Waals surface area contributed by atoms with Crippen LogP contribution in [0.2, 0.25) is 0 Å². The molecule has 0 saturated heterocycles. The molecule has 0 spiro atoms. The predicted octanol–water partition coefficient (Wildman–Crippen LogP) is 4.18. The highest BCUT2D eigenvalue weighted by Crippen LogP contribution is 2.14. The molecule has 0 aromatic heterocycles.